The molecular formula is C24H29ClN2O2. The fourth-order valence-electron chi connectivity index (χ4n) is 3.77. The second kappa shape index (κ2) is 9.93. The number of benzene rings is 2. The highest BCUT2D eigenvalue weighted by atomic mass is 35.5. The zero-order chi connectivity index (χ0) is 20.8. The molecule has 0 bridgehead atoms. The number of hydrogen-bond acceptors (Lipinski definition) is 2. The number of carbonyl (C=O) groups is 2. The third-order valence-electron chi connectivity index (χ3n) is 5.64. The van der Waals surface area contributed by atoms with E-state index in [0.717, 1.165) is 42.4 Å². The minimum Gasteiger partial charge on any atom is -0.352 e. The van der Waals surface area contributed by atoms with Crippen LogP contribution in [0.5, 0.6) is 0 Å². The Bertz CT molecular complexity index is 844. The largest absolute Gasteiger partial charge is 0.352 e. The first-order valence-corrected chi connectivity index (χ1v) is 10.7. The van der Waals surface area contributed by atoms with E-state index in [2.05, 4.69) is 5.32 Å². The maximum absolute atomic E-state index is 13.2. The Labute approximate surface area is 178 Å². The summed E-state index contributed by atoms with van der Waals surface area (Å²) in [5, 5.41) is 3.69. The van der Waals surface area contributed by atoms with Crippen molar-refractivity contribution in [1.29, 1.82) is 0 Å². The Morgan fingerprint density at radius 3 is 2.41 bits per heavy atom. The Morgan fingerprint density at radius 2 is 1.76 bits per heavy atom. The monoisotopic (exact) mass is 412 g/mol. The van der Waals surface area contributed by atoms with Gasteiger partial charge < -0.3 is 10.2 Å². The average molecular weight is 413 g/mol. The van der Waals surface area contributed by atoms with E-state index in [1.54, 1.807) is 11.0 Å². The molecule has 29 heavy (non-hydrogen) atoms. The highest BCUT2D eigenvalue weighted by Crippen LogP contribution is 2.20. The lowest BCUT2D eigenvalue weighted by Crippen LogP contribution is -2.50. The molecule has 1 N–H and O–H groups in total. The molecule has 0 radical (unpaired) electrons. The van der Waals surface area contributed by atoms with Crippen molar-refractivity contribution < 1.29 is 9.59 Å². The molecule has 0 aromatic heterocycles. The first-order valence-electron chi connectivity index (χ1n) is 10.3. The van der Waals surface area contributed by atoms with E-state index in [1.165, 1.54) is 0 Å². The van der Waals surface area contributed by atoms with Gasteiger partial charge in [0.1, 0.15) is 6.04 Å². The fraction of sp³-hybridized carbons (Fsp3) is 0.417. The molecule has 0 aliphatic heterocycles. The van der Waals surface area contributed by atoms with E-state index in [0.29, 0.717) is 11.6 Å². The van der Waals surface area contributed by atoms with Gasteiger partial charge in [0.2, 0.25) is 11.8 Å². The van der Waals surface area contributed by atoms with E-state index >= 15 is 0 Å². The SMILES string of the molecule is Cc1ccc(CN(C(=O)Cc2ccccc2Cl)[C@H](C)C(=O)NC2CCCC2)cc1. The minimum atomic E-state index is -0.549. The molecule has 0 saturated heterocycles. The molecule has 1 atom stereocenters. The topological polar surface area (TPSA) is 49.4 Å². The van der Waals surface area contributed by atoms with Gasteiger partial charge in [-0.25, -0.2) is 0 Å². The van der Waals surface area contributed by atoms with Gasteiger partial charge in [-0.05, 0) is 43.9 Å². The molecule has 3 rings (SSSR count). The quantitative estimate of drug-likeness (QED) is 0.718. The summed E-state index contributed by atoms with van der Waals surface area (Å²) >= 11 is 6.26. The number of halogens is 1. The summed E-state index contributed by atoms with van der Waals surface area (Å²) in [6.45, 7) is 4.23. The number of amides is 2. The summed E-state index contributed by atoms with van der Waals surface area (Å²) in [4.78, 5) is 27.7. The van der Waals surface area contributed by atoms with Crippen LogP contribution in [-0.2, 0) is 22.6 Å². The van der Waals surface area contributed by atoms with E-state index in [4.69, 9.17) is 11.6 Å². The molecule has 1 saturated carbocycles. The summed E-state index contributed by atoms with van der Waals surface area (Å²) in [5.41, 5.74) is 2.94. The van der Waals surface area contributed by atoms with Crippen molar-refractivity contribution in [3.05, 3.63) is 70.2 Å². The van der Waals surface area contributed by atoms with Crippen LogP contribution in [0.15, 0.2) is 48.5 Å². The van der Waals surface area contributed by atoms with Crippen molar-refractivity contribution in [2.24, 2.45) is 0 Å². The maximum Gasteiger partial charge on any atom is 0.242 e. The molecule has 2 amide bonds. The molecule has 2 aromatic rings. The van der Waals surface area contributed by atoms with Gasteiger partial charge >= 0.3 is 0 Å². The zero-order valence-electron chi connectivity index (χ0n) is 17.2. The standard InChI is InChI=1S/C24H29ClN2O2/c1-17-11-13-19(14-12-17)16-27(18(2)24(29)26-21-8-4-5-9-21)23(28)15-20-7-3-6-10-22(20)25/h3,6-7,10-14,18,21H,4-5,8-9,15-16H2,1-2H3,(H,26,29)/t18-/m1/s1. The van der Waals surface area contributed by atoms with Crippen LogP contribution in [0.1, 0.15) is 49.3 Å². The van der Waals surface area contributed by atoms with Gasteiger partial charge in [-0.3, -0.25) is 9.59 Å². The lowest BCUT2D eigenvalue weighted by molar-refractivity contribution is -0.140. The third-order valence-corrected chi connectivity index (χ3v) is 6.01. The molecule has 2 aromatic carbocycles. The summed E-state index contributed by atoms with van der Waals surface area (Å²) in [7, 11) is 0. The zero-order valence-corrected chi connectivity index (χ0v) is 17.9. The molecule has 0 unspecified atom stereocenters. The van der Waals surface area contributed by atoms with Crippen LogP contribution in [0.4, 0.5) is 0 Å². The van der Waals surface area contributed by atoms with Crippen LogP contribution < -0.4 is 5.32 Å². The summed E-state index contributed by atoms with van der Waals surface area (Å²) in [6, 6.07) is 15.1. The van der Waals surface area contributed by atoms with Gasteiger partial charge in [0.05, 0.1) is 6.42 Å². The van der Waals surface area contributed by atoms with Gasteiger partial charge in [0.15, 0.2) is 0 Å². The normalized spacial score (nSPS) is 15.1. The number of aryl methyl sites for hydroxylation is 1. The van der Waals surface area contributed by atoms with Gasteiger partial charge in [0.25, 0.3) is 0 Å². The Hall–Kier alpha value is -2.33. The van der Waals surface area contributed by atoms with E-state index in [1.807, 2.05) is 56.3 Å². The Balaban J connectivity index is 1.77. The first kappa shape index (κ1) is 21.4. The van der Waals surface area contributed by atoms with Crippen molar-refractivity contribution >= 4 is 23.4 Å². The van der Waals surface area contributed by atoms with Crippen LogP contribution in [0, 0.1) is 6.92 Å². The van der Waals surface area contributed by atoms with Crippen LogP contribution in [0.2, 0.25) is 5.02 Å². The van der Waals surface area contributed by atoms with Gasteiger partial charge in [-0.15, -0.1) is 0 Å². The van der Waals surface area contributed by atoms with Gasteiger partial charge in [-0.1, -0.05) is 72.5 Å². The molecule has 4 nitrogen and oxygen atoms in total. The molecule has 5 heteroatoms. The summed E-state index contributed by atoms with van der Waals surface area (Å²) in [6.07, 6.45) is 4.51. The highest BCUT2D eigenvalue weighted by molar-refractivity contribution is 6.31. The predicted molar refractivity (Wildman–Crippen MR) is 117 cm³/mol. The molecule has 0 heterocycles. The molecular weight excluding hydrogens is 384 g/mol. The third kappa shape index (κ3) is 5.83. The lowest BCUT2D eigenvalue weighted by atomic mass is 10.1. The summed E-state index contributed by atoms with van der Waals surface area (Å²) < 4.78 is 0. The number of rotatable bonds is 7. The lowest BCUT2D eigenvalue weighted by Gasteiger charge is -2.30. The highest BCUT2D eigenvalue weighted by Gasteiger charge is 2.28. The van der Waals surface area contributed by atoms with Crippen molar-refractivity contribution in [2.75, 3.05) is 0 Å². The second-order valence-corrected chi connectivity index (χ2v) is 8.35. The average Bonchev–Trinajstić information content (AvgIpc) is 3.21. The van der Waals surface area contributed by atoms with E-state index in [-0.39, 0.29) is 24.3 Å². The van der Waals surface area contributed by atoms with E-state index < -0.39 is 6.04 Å². The second-order valence-electron chi connectivity index (χ2n) is 7.94. The Morgan fingerprint density at radius 1 is 1.10 bits per heavy atom. The van der Waals surface area contributed by atoms with Crippen LogP contribution >= 0.6 is 11.6 Å². The summed E-state index contributed by atoms with van der Waals surface area (Å²) in [5.74, 6) is -0.190. The van der Waals surface area contributed by atoms with Crippen LogP contribution in [0.25, 0.3) is 0 Å². The number of carbonyl (C=O) groups excluding carboxylic acids is 2. The van der Waals surface area contributed by atoms with Gasteiger partial charge in [-0.2, -0.15) is 0 Å². The first-order chi connectivity index (χ1) is 13.9. The van der Waals surface area contributed by atoms with Crippen LogP contribution in [0.3, 0.4) is 0 Å². The molecule has 0 spiro atoms. The smallest absolute Gasteiger partial charge is 0.242 e. The van der Waals surface area contributed by atoms with Crippen molar-refractivity contribution in [2.45, 2.75) is 64.6 Å². The van der Waals surface area contributed by atoms with Crippen LogP contribution in [-0.4, -0.2) is 28.8 Å². The number of nitrogens with one attached hydrogen (secondary N) is 1. The van der Waals surface area contributed by atoms with Crippen molar-refractivity contribution in [3.8, 4) is 0 Å². The molecule has 1 aliphatic rings. The van der Waals surface area contributed by atoms with Crippen molar-refractivity contribution in [1.82, 2.24) is 10.2 Å². The molecule has 154 valence electrons. The Kier molecular flexibility index (Phi) is 7.32. The van der Waals surface area contributed by atoms with E-state index in [9.17, 15) is 9.59 Å². The fourth-order valence-corrected chi connectivity index (χ4v) is 3.97. The number of hydrogen-bond donors (Lipinski definition) is 1. The predicted octanol–water partition coefficient (Wildman–Crippen LogP) is 4.67. The van der Waals surface area contributed by atoms with Gasteiger partial charge in [0, 0.05) is 17.6 Å². The number of nitrogens with zero attached hydrogens (tertiary/aromatic N) is 1. The maximum atomic E-state index is 13.2. The molecule has 1 aliphatic carbocycles. The minimum absolute atomic E-state index is 0.0866. The van der Waals surface area contributed by atoms with Crippen molar-refractivity contribution in [3.63, 3.8) is 0 Å². The molecule has 1 fully saturated rings.